The summed E-state index contributed by atoms with van der Waals surface area (Å²) in [4.78, 5) is 0. The maximum Gasteiger partial charge on any atom is 0.0401 e. The quantitative estimate of drug-likeness (QED) is 0.812. The average Bonchev–Trinajstić information content (AvgIpc) is 2.67. The summed E-state index contributed by atoms with van der Waals surface area (Å²) >= 11 is 0. The van der Waals surface area contributed by atoms with Gasteiger partial charge in [0.25, 0.3) is 0 Å². The third-order valence-corrected chi connectivity index (χ3v) is 4.91. The van der Waals surface area contributed by atoms with E-state index in [1.807, 2.05) is 0 Å². The van der Waals surface area contributed by atoms with Gasteiger partial charge in [-0.3, -0.25) is 0 Å². The van der Waals surface area contributed by atoms with Crippen LogP contribution in [-0.4, -0.2) is 24.7 Å². The van der Waals surface area contributed by atoms with Crippen molar-refractivity contribution < 1.29 is 0 Å². The number of rotatable bonds is 2. The molecule has 0 radical (unpaired) electrons. The molecule has 0 saturated carbocycles. The maximum atomic E-state index is 3.88. The van der Waals surface area contributed by atoms with Gasteiger partial charge in [0.05, 0.1) is 0 Å². The first kappa shape index (κ1) is 11.2. The Balaban J connectivity index is 1.97. The lowest BCUT2D eigenvalue weighted by atomic mass is 9.67. The van der Waals surface area contributed by atoms with Crippen LogP contribution in [0.15, 0.2) is 30.3 Å². The summed E-state index contributed by atoms with van der Waals surface area (Å²) < 4.78 is 0. The molecule has 2 heterocycles. The Morgan fingerprint density at radius 1 is 1.24 bits per heavy atom. The van der Waals surface area contributed by atoms with E-state index in [0.717, 1.165) is 13.1 Å². The summed E-state index contributed by atoms with van der Waals surface area (Å²) in [5.74, 6) is 0. The van der Waals surface area contributed by atoms with Crippen LogP contribution >= 0.6 is 0 Å². The highest BCUT2D eigenvalue weighted by atomic mass is 15.2. The number of hydrogen-bond acceptors (Lipinski definition) is 2. The fraction of sp³-hybridized carbons (Fsp3) is 0.600. The Morgan fingerprint density at radius 2 is 2.00 bits per heavy atom. The van der Waals surface area contributed by atoms with E-state index in [9.17, 15) is 0 Å². The summed E-state index contributed by atoms with van der Waals surface area (Å²) in [5, 5.41) is 7.48. The predicted molar refractivity (Wildman–Crippen MR) is 71.2 cm³/mol. The van der Waals surface area contributed by atoms with Gasteiger partial charge in [0.2, 0.25) is 0 Å². The zero-order chi connectivity index (χ0) is 11.9. The summed E-state index contributed by atoms with van der Waals surface area (Å²) in [7, 11) is 0. The molecule has 2 saturated heterocycles. The van der Waals surface area contributed by atoms with Gasteiger partial charge in [-0.25, -0.2) is 0 Å². The molecule has 2 atom stereocenters. The monoisotopic (exact) mass is 230 g/mol. The first-order valence-electron chi connectivity index (χ1n) is 6.68. The van der Waals surface area contributed by atoms with E-state index in [1.54, 1.807) is 0 Å². The second-order valence-electron chi connectivity index (χ2n) is 6.08. The van der Waals surface area contributed by atoms with Gasteiger partial charge < -0.3 is 10.6 Å². The molecule has 0 spiro atoms. The number of nitrogens with one attached hydrogen (secondary N) is 2. The first-order valence-corrected chi connectivity index (χ1v) is 6.68. The van der Waals surface area contributed by atoms with Gasteiger partial charge in [-0.15, -0.1) is 0 Å². The Hall–Kier alpha value is -0.860. The highest BCUT2D eigenvalue weighted by Gasteiger charge is 2.51. The third kappa shape index (κ3) is 1.62. The fourth-order valence-corrected chi connectivity index (χ4v) is 3.55. The summed E-state index contributed by atoms with van der Waals surface area (Å²) in [6, 6.07) is 11.6. The Morgan fingerprint density at radius 3 is 2.76 bits per heavy atom. The van der Waals surface area contributed by atoms with Crippen molar-refractivity contribution in [3.8, 4) is 0 Å². The van der Waals surface area contributed by atoms with Gasteiger partial charge in [0.1, 0.15) is 0 Å². The Labute approximate surface area is 104 Å². The molecule has 2 fully saturated rings. The normalized spacial score (nSPS) is 32.7. The van der Waals surface area contributed by atoms with E-state index in [4.69, 9.17) is 0 Å². The van der Waals surface area contributed by atoms with Crippen molar-refractivity contribution in [2.75, 3.05) is 13.1 Å². The van der Waals surface area contributed by atoms with Crippen molar-refractivity contribution in [2.45, 2.75) is 43.7 Å². The minimum Gasteiger partial charge on any atom is -0.313 e. The van der Waals surface area contributed by atoms with Crippen LogP contribution in [0.4, 0.5) is 0 Å². The van der Waals surface area contributed by atoms with Gasteiger partial charge >= 0.3 is 0 Å². The SMILES string of the molecule is CC(C)(c1ccccc1)C12CCC(CNC1)N2. The third-order valence-electron chi connectivity index (χ3n) is 4.91. The molecule has 0 amide bonds. The average molecular weight is 230 g/mol. The summed E-state index contributed by atoms with van der Waals surface area (Å²) in [6.45, 7) is 6.98. The lowest BCUT2D eigenvalue weighted by molar-refractivity contribution is 0.184. The molecule has 2 aliphatic heterocycles. The van der Waals surface area contributed by atoms with Crippen LogP contribution in [0, 0.1) is 0 Å². The zero-order valence-electron chi connectivity index (χ0n) is 10.8. The molecule has 0 aliphatic carbocycles. The molecule has 2 aliphatic rings. The van der Waals surface area contributed by atoms with E-state index >= 15 is 0 Å². The molecule has 2 unspecified atom stereocenters. The molecule has 17 heavy (non-hydrogen) atoms. The fourth-order valence-electron chi connectivity index (χ4n) is 3.55. The summed E-state index contributed by atoms with van der Waals surface area (Å²) in [6.07, 6.45) is 2.59. The van der Waals surface area contributed by atoms with Gasteiger partial charge in [-0.05, 0) is 18.4 Å². The van der Waals surface area contributed by atoms with Gasteiger partial charge in [0.15, 0.2) is 0 Å². The van der Waals surface area contributed by atoms with Crippen LogP contribution in [-0.2, 0) is 5.41 Å². The van der Waals surface area contributed by atoms with E-state index < -0.39 is 0 Å². The van der Waals surface area contributed by atoms with E-state index in [2.05, 4.69) is 54.8 Å². The van der Waals surface area contributed by atoms with Crippen molar-refractivity contribution >= 4 is 0 Å². The van der Waals surface area contributed by atoms with Crippen molar-refractivity contribution in [2.24, 2.45) is 0 Å². The lowest BCUT2D eigenvalue weighted by Gasteiger charge is -2.48. The number of hydrogen-bond donors (Lipinski definition) is 2. The van der Waals surface area contributed by atoms with Crippen molar-refractivity contribution in [1.82, 2.24) is 10.6 Å². The molecule has 3 rings (SSSR count). The molecule has 2 N–H and O–H groups in total. The maximum absolute atomic E-state index is 3.88. The molecule has 2 heteroatoms. The molecule has 1 aromatic carbocycles. The van der Waals surface area contributed by atoms with Gasteiger partial charge in [-0.2, -0.15) is 0 Å². The van der Waals surface area contributed by atoms with E-state index in [0.29, 0.717) is 6.04 Å². The van der Waals surface area contributed by atoms with Crippen LogP contribution in [0.25, 0.3) is 0 Å². The largest absolute Gasteiger partial charge is 0.313 e. The predicted octanol–water partition coefficient (Wildman–Crippen LogP) is 2.06. The molecular formula is C15H22N2. The van der Waals surface area contributed by atoms with Crippen LogP contribution in [0.5, 0.6) is 0 Å². The Bertz CT molecular complexity index is 395. The lowest BCUT2D eigenvalue weighted by Crippen LogP contribution is -2.66. The van der Waals surface area contributed by atoms with Gasteiger partial charge in [-0.1, -0.05) is 44.2 Å². The highest BCUT2D eigenvalue weighted by molar-refractivity contribution is 5.31. The minimum absolute atomic E-state index is 0.177. The molecule has 1 aromatic rings. The van der Waals surface area contributed by atoms with Crippen molar-refractivity contribution in [3.63, 3.8) is 0 Å². The minimum atomic E-state index is 0.177. The zero-order valence-corrected chi connectivity index (χ0v) is 10.8. The van der Waals surface area contributed by atoms with E-state index in [1.165, 1.54) is 18.4 Å². The van der Waals surface area contributed by atoms with Gasteiger partial charge in [0, 0.05) is 30.1 Å². The summed E-state index contributed by atoms with van der Waals surface area (Å²) in [5.41, 5.74) is 1.85. The van der Waals surface area contributed by atoms with Crippen LogP contribution in [0.3, 0.4) is 0 Å². The Kier molecular flexibility index (Phi) is 2.53. The highest BCUT2D eigenvalue weighted by Crippen LogP contribution is 2.42. The molecule has 0 aromatic heterocycles. The molecule has 92 valence electrons. The molecule has 2 bridgehead atoms. The van der Waals surface area contributed by atoms with Crippen LogP contribution < -0.4 is 10.6 Å². The second kappa shape index (κ2) is 3.82. The van der Waals surface area contributed by atoms with Crippen LogP contribution in [0.2, 0.25) is 0 Å². The van der Waals surface area contributed by atoms with Crippen LogP contribution in [0.1, 0.15) is 32.3 Å². The standard InChI is InChI=1S/C15H22N2/c1-14(2,12-6-4-3-5-7-12)15-9-8-13(17-15)10-16-11-15/h3-7,13,16-17H,8-11H2,1-2H3. The van der Waals surface area contributed by atoms with Crippen molar-refractivity contribution in [3.05, 3.63) is 35.9 Å². The van der Waals surface area contributed by atoms with Crippen molar-refractivity contribution in [1.29, 1.82) is 0 Å². The molecule has 2 nitrogen and oxygen atoms in total. The smallest absolute Gasteiger partial charge is 0.0401 e. The first-order chi connectivity index (χ1) is 8.14. The number of benzene rings is 1. The number of piperazine rings is 1. The second-order valence-corrected chi connectivity index (χ2v) is 6.08. The van der Waals surface area contributed by atoms with E-state index in [-0.39, 0.29) is 11.0 Å². The topological polar surface area (TPSA) is 24.1 Å². The number of fused-ring (bicyclic) bond motifs is 2. The molecular weight excluding hydrogens is 208 g/mol.